The van der Waals surface area contributed by atoms with E-state index in [0.717, 1.165) is 11.2 Å². The summed E-state index contributed by atoms with van der Waals surface area (Å²) in [5, 5.41) is 6.33. The lowest BCUT2D eigenvalue weighted by atomic mass is 9.36. The smallest absolute Gasteiger partial charge is 0.249 e. The van der Waals surface area contributed by atoms with E-state index < -0.39 is 0 Å². The molecule has 0 radical (unpaired) electrons. The van der Waals surface area contributed by atoms with Gasteiger partial charge in [-0.15, -0.1) is 11.3 Å². The Morgan fingerprint density at radius 1 is 0.558 bits per heavy atom. The van der Waals surface area contributed by atoms with Gasteiger partial charge in [0.2, 0.25) is 6.71 Å². The molecule has 0 atom stereocenters. The Balaban J connectivity index is 1.23. The van der Waals surface area contributed by atoms with E-state index in [4.69, 9.17) is 4.42 Å². The lowest BCUT2D eigenvalue weighted by Gasteiger charge is -2.27. The van der Waals surface area contributed by atoms with Crippen LogP contribution in [-0.2, 0) is 0 Å². The summed E-state index contributed by atoms with van der Waals surface area (Å²) in [7, 11) is 0. The fraction of sp³-hybridized carbons (Fsp3) is 0. The molecule has 3 aromatic heterocycles. The van der Waals surface area contributed by atoms with Crippen LogP contribution >= 0.6 is 23.1 Å². The highest BCUT2D eigenvalue weighted by molar-refractivity contribution is 8.00. The minimum Gasteiger partial charge on any atom is -0.457 e. The van der Waals surface area contributed by atoms with Gasteiger partial charge >= 0.3 is 0 Å². The van der Waals surface area contributed by atoms with Crippen molar-refractivity contribution in [2.75, 3.05) is 0 Å². The summed E-state index contributed by atoms with van der Waals surface area (Å²) in [6.45, 7) is 0.0801. The number of hydrogen-bond acceptors (Lipinski definition) is 3. The standard InChI is InChI=1S/C38H22BNOS2/c1-5-16-31-26(11-1)36-27-12-3-7-18-33(27)43-38(36)40(31)23-20-21-29-35(22-23)42-34-19-8-4-14-28(34)39(29)30-15-9-13-25-24-10-2-6-17-32(24)41-37(25)30/h1-22H. The Labute approximate surface area is 256 Å². The number of hydrogen-bond donors (Lipinski definition) is 0. The first-order valence-corrected chi connectivity index (χ1v) is 16.2. The minimum absolute atomic E-state index is 0.0801. The van der Waals surface area contributed by atoms with Crippen molar-refractivity contribution in [3.05, 3.63) is 133 Å². The average molecular weight is 584 g/mol. The van der Waals surface area contributed by atoms with Crippen LogP contribution in [0, 0.1) is 0 Å². The third kappa shape index (κ3) is 3.32. The number of para-hydroxylation sites is 3. The van der Waals surface area contributed by atoms with E-state index in [2.05, 4.69) is 132 Å². The maximum absolute atomic E-state index is 6.57. The molecule has 1 aliphatic heterocycles. The third-order valence-electron chi connectivity index (χ3n) is 8.96. The van der Waals surface area contributed by atoms with Gasteiger partial charge in [0.15, 0.2) is 0 Å². The normalized spacial score (nSPS) is 13.0. The first-order chi connectivity index (χ1) is 21.3. The van der Waals surface area contributed by atoms with Crippen molar-refractivity contribution in [3.8, 4) is 5.69 Å². The topological polar surface area (TPSA) is 18.1 Å². The van der Waals surface area contributed by atoms with Gasteiger partial charge < -0.3 is 8.98 Å². The van der Waals surface area contributed by atoms with Crippen molar-refractivity contribution in [1.82, 2.24) is 4.57 Å². The van der Waals surface area contributed by atoms with Gasteiger partial charge in [0.05, 0.1) is 5.52 Å². The summed E-state index contributed by atoms with van der Waals surface area (Å²) in [6.07, 6.45) is 0. The molecule has 0 fully saturated rings. The van der Waals surface area contributed by atoms with Gasteiger partial charge in [0.25, 0.3) is 0 Å². The van der Waals surface area contributed by atoms with Gasteiger partial charge in [-0.2, -0.15) is 0 Å². The third-order valence-corrected chi connectivity index (χ3v) is 11.3. The molecule has 10 rings (SSSR count). The maximum Gasteiger partial charge on any atom is 0.249 e. The largest absolute Gasteiger partial charge is 0.457 e. The summed E-state index contributed by atoms with van der Waals surface area (Å²) in [6, 6.07) is 48.5. The van der Waals surface area contributed by atoms with Crippen LogP contribution in [0.2, 0.25) is 0 Å². The Morgan fingerprint density at radius 2 is 1.28 bits per heavy atom. The van der Waals surface area contributed by atoms with Crippen molar-refractivity contribution in [2.24, 2.45) is 0 Å². The summed E-state index contributed by atoms with van der Waals surface area (Å²) in [4.78, 5) is 3.89. The predicted molar refractivity (Wildman–Crippen MR) is 185 cm³/mol. The van der Waals surface area contributed by atoms with Gasteiger partial charge in [-0.25, -0.2) is 0 Å². The number of furan rings is 1. The molecule has 2 nitrogen and oxygen atoms in total. The van der Waals surface area contributed by atoms with Crippen LogP contribution < -0.4 is 16.4 Å². The molecular weight excluding hydrogens is 561 g/mol. The van der Waals surface area contributed by atoms with Crippen molar-refractivity contribution < 1.29 is 4.42 Å². The number of rotatable bonds is 2. The monoisotopic (exact) mass is 583 g/mol. The van der Waals surface area contributed by atoms with E-state index >= 15 is 0 Å². The van der Waals surface area contributed by atoms with Crippen LogP contribution in [0.4, 0.5) is 0 Å². The lowest BCUT2D eigenvalue weighted by molar-refractivity contribution is 0.671. The highest BCUT2D eigenvalue weighted by atomic mass is 32.2. The molecule has 0 bridgehead atoms. The number of benzene rings is 6. The zero-order valence-electron chi connectivity index (χ0n) is 23.0. The van der Waals surface area contributed by atoms with E-state index in [1.165, 1.54) is 73.8 Å². The van der Waals surface area contributed by atoms with E-state index in [0.29, 0.717) is 0 Å². The second-order valence-electron chi connectivity index (χ2n) is 11.2. The molecule has 0 saturated heterocycles. The predicted octanol–water partition coefficient (Wildman–Crippen LogP) is 8.88. The lowest BCUT2D eigenvalue weighted by Crippen LogP contribution is -2.55. The van der Waals surface area contributed by atoms with E-state index in [1.54, 1.807) is 0 Å². The second kappa shape index (κ2) is 8.90. The van der Waals surface area contributed by atoms with E-state index in [9.17, 15) is 0 Å². The van der Waals surface area contributed by atoms with Crippen molar-refractivity contribution in [3.63, 3.8) is 0 Å². The molecule has 0 amide bonds. The molecule has 0 aliphatic carbocycles. The Kier molecular flexibility index (Phi) is 4.93. The number of nitrogens with zero attached hydrogens (tertiary/aromatic N) is 1. The first-order valence-electron chi connectivity index (χ1n) is 14.6. The number of fused-ring (bicyclic) bond motifs is 10. The van der Waals surface area contributed by atoms with Gasteiger partial charge in [0.1, 0.15) is 16.0 Å². The fourth-order valence-electron chi connectivity index (χ4n) is 7.11. The SMILES string of the molecule is c1ccc2c(c1)Sc1cc(-n3c4ccccc4c4c5ccccc5sc43)ccc1B2c1cccc2c1oc1ccccc12. The summed E-state index contributed by atoms with van der Waals surface area (Å²) in [5.74, 6) is 0. The molecule has 4 heterocycles. The van der Waals surface area contributed by atoms with Gasteiger partial charge in [-0.1, -0.05) is 120 Å². The summed E-state index contributed by atoms with van der Waals surface area (Å²) < 4.78 is 10.4. The molecule has 1 aliphatic rings. The van der Waals surface area contributed by atoms with Crippen LogP contribution in [-0.4, -0.2) is 11.3 Å². The van der Waals surface area contributed by atoms with E-state index in [1.807, 2.05) is 29.2 Å². The molecule has 0 spiro atoms. The van der Waals surface area contributed by atoms with Gasteiger partial charge in [-0.3, -0.25) is 0 Å². The molecule has 9 aromatic rings. The minimum atomic E-state index is 0.0801. The quantitative estimate of drug-likeness (QED) is 0.189. The second-order valence-corrected chi connectivity index (χ2v) is 13.4. The first kappa shape index (κ1) is 23.8. The highest BCUT2D eigenvalue weighted by Gasteiger charge is 2.34. The Bertz CT molecular complexity index is 2570. The molecular formula is C38H22BNOS2. The summed E-state index contributed by atoms with van der Waals surface area (Å²) in [5.41, 5.74) is 8.24. The van der Waals surface area contributed by atoms with Crippen LogP contribution in [0.15, 0.2) is 148 Å². The Hall–Kier alpha value is -4.71. The zero-order valence-corrected chi connectivity index (χ0v) is 24.6. The van der Waals surface area contributed by atoms with Crippen LogP contribution in [0.1, 0.15) is 0 Å². The Morgan fingerprint density at radius 3 is 2.23 bits per heavy atom. The highest BCUT2D eigenvalue weighted by Crippen LogP contribution is 2.43. The van der Waals surface area contributed by atoms with Gasteiger partial charge in [-0.05, 0) is 41.9 Å². The van der Waals surface area contributed by atoms with E-state index in [-0.39, 0.29) is 6.71 Å². The number of thiophene rings is 1. The van der Waals surface area contributed by atoms with Crippen molar-refractivity contribution in [2.45, 2.75) is 9.79 Å². The molecule has 200 valence electrons. The maximum atomic E-state index is 6.57. The zero-order chi connectivity index (χ0) is 28.1. The van der Waals surface area contributed by atoms with Crippen molar-refractivity contribution >= 4 is 99.3 Å². The van der Waals surface area contributed by atoms with Crippen molar-refractivity contribution in [1.29, 1.82) is 0 Å². The molecule has 43 heavy (non-hydrogen) atoms. The molecule has 5 heteroatoms. The molecule has 6 aromatic carbocycles. The van der Waals surface area contributed by atoms with Gasteiger partial charge in [0, 0.05) is 47.1 Å². The number of aromatic nitrogens is 1. The van der Waals surface area contributed by atoms with Crippen LogP contribution in [0.25, 0.3) is 58.8 Å². The van der Waals surface area contributed by atoms with Crippen LogP contribution in [0.3, 0.4) is 0 Å². The van der Waals surface area contributed by atoms with Crippen LogP contribution in [0.5, 0.6) is 0 Å². The average Bonchev–Trinajstić information content (AvgIpc) is 3.72. The molecule has 0 unspecified atom stereocenters. The fourth-order valence-corrected chi connectivity index (χ4v) is 9.54. The summed E-state index contributed by atoms with van der Waals surface area (Å²) >= 11 is 3.76. The molecule has 0 saturated carbocycles. The molecule has 0 N–H and O–H groups in total.